The molecule has 4 nitrogen and oxygen atoms in total. The third-order valence-electron chi connectivity index (χ3n) is 4.01. The lowest BCUT2D eigenvalue weighted by Crippen LogP contribution is -2.17. The van der Waals surface area contributed by atoms with Crippen LogP contribution in [0.2, 0.25) is 0 Å². The number of esters is 1. The van der Waals surface area contributed by atoms with E-state index in [-0.39, 0.29) is 6.61 Å². The maximum atomic E-state index is 11.9. The minimum absolute atomic E-state index is 0.169. The maximum Gasteiger partial charge on any atom is 0.349 e. The largest absolute Gasteiger partial charge is 0.482 e. The van der Waals surface area contributed by atoms with Crippen molar-refractivity contribution in [2.24, 2.45) is 0 Å². The van der Waals surface area contributed by atoms with E-state index in [2.05, 4.69) is 6.07 Å². The Morgan fingerprint density at radius 3 is 2.21 bits per heavy atom. The number of hydrogen-bond donors (Lipinski definition) is 0. The summed E-state index contributed by atoms with van der Waals surface area (Å²) < 4.78 is 10.7. The molecule has 0 aliphatic heterocycles. The Kier molecular flexibility index (Phi) is 6.22. The average Bonchev–Trinajstić information content (AvgIpc) is 2.73. The molecule has 0 amide bonds. The second kappa shape index (κ2) is 9.20. The summed E-state index contributed by atoms with van der Waals surface area (Å²) in [5.74, 6) is 0.562. The van der Waals surface area contributed by atoms with Gasteiger partial charge in [0.1, 0.15) is 11.5 Å². The average molecular weight is 369 g/mol. The lowest BCUT2D eigenvalue weighted by Gasteiger charge is -2.07. The fourth-order valence-corrected chi connectivity index (χ4v) is 2.53. The summed E-state index contributed by atoms with van der Waals surface area (Å²) in [6.07, 6.45) is 1.79. The van der Waals surface area contributed by atoms with Crippen LogP contribution in [-0.4, -0.2) is 12.6 Å². The van der Waals surface area contributed by atoms with Crippen LogP contribution in [0, 0.1) is 18.3 Å². The van der Waals surface area contributed by atoms with Crippen LogP contribution in [-0.2, 0) is 4.79 Å². The highest BCUT2D eigenvalue weighted by Gasteiger charge is 2.07. The lowest BCUT2D eigenvalue weighted by molar-refractivity contribution is -0.136. The molecule has 0 aliphatic carbocycles. The maximum absolute atomic E-state index is 11.9. The number of hydrogen-bond acceptors (Lipinski definition) is 4. The molecule has 0 saturated carbocycles. The number of aryl methyl sites for hydroxylation is 1. The van der Waals surface area contributed by atoms with Crippen LogP contribution in [0.3, 0.4) is 0 Å². The Hall–Kier alpha value is -3.84. The SMILES string of the molecule is Cc1ccc(OCC(=O)Oc2ccc(/C=C(/C#N)c3ccccc3)cc2)cc1. The highest BCUT2D eigenvalue weighted by atomic mass is 16.6. The van der Waals surface area contributed by atoms with Crippen molar-refractivity contribution in [2.45, 2.75) is 6.92 Å². The summed E-state index contributed by atoms with van der Waals surface area (Å²) in [7, 11) is 0. The smallest absolute Gasteiger partial charge is 0.349 e. The normalized spacial score (nSPS) is 10.8. The van der Waals surface area contributed by atoms with Gasteiger partial charge in [0, 0.05) is 0 Å². The lowest BCUT2D eigenvalue weighted by atomic mass is 10.0. The van der Waals surface area contributed by atoms with Crippen LogP contribution in [0.5, 0.6) is 11.5 Å². The van der Waals surface area contributed by atoms with Crippen molar-refractivity contribution >= 4 is 17.6 Å². The van der Waals surface area contributed by atoms with Crippen molar-refractivity contribution in [1.29, 1.82) is 5.26 Å². The molecular formula is C24H19NO3. The van der Waals surface area contributed by atoms with Gasteiger partial charge in [0.05, 0.1) is 11.6 Å². The Balaban J connectivity index is 1.59. The van der Waals surface area contributed by atoms with Gasteiger partial charge in [0.2, 0.25) is 0 Å². The minimum Gasteiger partial charge on any atom is -0.482 e. The summed E-state index contributed by atoms with van der Waals surface area (Å²) in [5, 5.41) is 9.38. The summed E-state index contributed by atoms with van der Waals surface area (Å²) in [5.41, 5.74) is 3.39. The number of allylic oxidation sites excluding steroid dienone is 1. The quantitative estimate of drug-likeness (QED) is 0.264. The summed E-state index contributed by atoms with van der Waals surface area (Å²) in [6.45, 7) is 1.81. The first-order valence-corrected chi connectivity index (χ1v) is 8.81. The van der Waals surface area contributed by atoms with Crippen LogP contribution < -0.4 is 9.47 Å². The third-order valence-corrected chi connectivity index (χ3v) is 4.01. The van der Waals surface area contributed by atoms with E-state index in [0.717, 1.165) is 16.7 Å². The van der Waals surface area contributed by atoms with Gasteiger partial charge in [-0.05, 0) is 48.4 Å². The first kappa shape index (κ1) is 18.9. The van der Waals surface area contributed by atoms with Crippen LogP contribution in [0.15, 0.2) is 78.9 Å². The molecule has 0 unspecified atom stereocenters. The molecule has 0 spiro atoms. The molecule has 3 rings (SSSR count). The highest BCUT2D eigenvalue weighted by molar-refractivity contribution is 5.89. The molecule has 0 radical (unpaired) electrons. The fourth-order valence-electron chi connectivity index (χ4n) is 2.53. The second-order valence-corrected chi connectivity index (χ2v) is 6.18. The van der Waals surface area contributed by atoms with E-state index >= 15 is 0 Å². The molecule has 3 aromatic rings. The number of benzene rings is 3. The molecule has 4 heteroatoms. The Morgan fingerprint density at radius 2 is 1.57 bits per heavy atom. The molecule has 3 aromatic carbocycles. The third kappa shape index (κ3) is 5.33. The van der Waals surface area contributed by atoms with E-state index < -0.39 is 5.97 Å². The van der Waals surface area contributed by atoms with Gasteiger partial charge in [0.15, 0.2) is 6.61 Å². The van der Waals surface area contributed by atoms with Crippen LogP contribution in [0.1, 0.15) is 16.7 Å². The van der Waals surface area contributed by atoms with Gasteiger partial charge < -0.3 is 9.47 Å². The molecular weight excluding hydrogens is 350 g/mol. The van der Waals surface area contributed by atoms with E-state index in [1.54, 1.807) is 30.3 Å². The first-order chi connectivity index (χ1) is 13.6. The zero-order valence-corrected chi connectivity index (χ0v) is 15.5. The van der Waals surface area contributed by atoms with Crippen molar-refractivity contribution in [3.63, 3.8) is 0 Å². The van der Waals surface area contributed by atoms with Crippen molar-refractivity contribution < 1.29 is 14.3 Å². The first-order valence-electron chi connectivity index (χ1n) is 8.81. The van der Waals surface area contributed by atoms with Gasteiger partial charge in [-0.3, -0.25) is 0 Å². The Bertz CT molecular complexity index is 998. The molecule has 0 N–H and O–H groups in total. The van der Waals surface area contributed by atoms with E-state index in [1.807, 2.05) is 61.5 Å². The Morgan fingerprint density at radius 1 is 0.929 bits per heavy atom. The second-order valence-electron chi connectivity index (χ2n) is 6.18. The van der Waals surface area contributed by atoms with Crippen molar-refractivity contribution in [2.75, 3.05) is 6.61 Å². The number of carbonyl (C=O) groups excluding carboxylic acids is 1. The number of carbonyl (C=O) groups is 1. The number of ether oxygens (including phenoxy) is 2. The van der Waals surface area contributed by atoms with E-state index in [4.69, 9.17) is 9.47 Å². The molecule has 0 aliphatic rings. The predicted molar refractivity (Wildman–Crippen MR) is 109 cm³/mol. The summed E-state index contributed by atoms with van der Waals surface area (Å²) in [6, 6.07) is 26.1. The van der Waals surface area contributed by atoms with Crippen molar-refractivity contribution in [3.8, 4) is 17.6 Å². The zero-order valence-electron chi connectivity index (χ0n) is 15.5. The fraction of sp³-hybridized carbons (Fsp3) is 0.0833. The van der Waals surface area contributed by atoms with E-state index in [1.165, 1.54) is 0 Å². The van der Waals surface area contributed by atoms with E-state index in [9.17, 15) is 10.1 Å². The molecule has 0 aromatic heterocycles. The molecule has 0 bridgehead atoms. The monoisotopic (exact) mass is 369 g/mol. The van der Waals surface area contributed by atoms with Gasteiger partial charge in [-0.1, -0.05) is 60.2 Å². The van der Waals surface area contributed by atoms with E-state index in [0.29, 0.717) is 17.1 Å². The number of rotatable bonds is 6. The topological polar surface area (TPSA) is 59.3 Å². The highest BCUT2D eigenvalue weighted by Crippen LogP contribution is 2.20. The van der Waals surface area contributed by atoms with Crippen LogP contribution >= 0.6 is 0 Å². The molecule has 0 fully saturated rings. The van der Waals surface area contributed by atoms with Gasteiger partial charge >= 0.3 is 5.97 Å². The predicted octanol–water partition coefficient (Wildman–Crippen LogP) is 5.04. The van der Waals surface area contributed by atoms with Crippen molar-refractivity contribution in [1.82, 2.24) is 0 Å². The molecule has 138 valence electrons. The number of nitriles is 1. The molecule has 0 atom stereocenters. The minimum atomic E-state index is -0.481. The summed E-state index contributed by atoms with van der Waals surface area (Å²) >= 11 is 0. The van der Waals surface area contributed by atoms with Crippen LogP contribution in [0.4, 0.5) is 0 Å². The molecule has 0 saturated heterocycles. The summed E-state index contributed by atoms with van der Waals surface area (Å²) in [4.78, 5) is 11.9. The standard InChI is InChI=1S/C24H19NO3/c1-18-7-11-22(12-8-18)27-17-24(26)28-23-13-9-19(10-14-23)15-21(16-25)20-5-3-2-4-6-20/h2-15H,17H2,1H3/b21-15-. The van der Waals surface area contributed by atoms with Crippen molar-refractivity contribution in [3.05, 3.63) is 95.6 Å². The van der Waals surface area contributed by atoms with Gasteiger partial charge in [-0.15, -0.1) is 0 Å². The molecule has 0 heterocycles. The van der Waals surface area contributed by atoms with Gasteiger partial charge in [-0.25, -0.2) is 4.79 Å². The van der Waals surface area contributed by atoms with Gasteiger partial charge in [-0.2, -0.15) is 5.26 Å². The van der Waals surface area contributed by atoms with Crippen LogP contribution in [0.25, 0.3) is 11.6 Å². The molecule has 28 heavy (non-hydrogen) atoms. The Labute approximate surface area is 164 Å². The number of nitrogens with zero attached hydrogens (tertiary/aromatic N) is 1. The van der Waals surface area contributed by atoms with Gasteiger partial charge in [0.25, 0.3) is 0 Å². The zero-order chi connectivity index (χ0) is 19.8.